The van der Waals surface area contributed by atoms with Crippen molar-refractivity contribution in [2.45, 2.75) is 6.92 Å². The van der Waals surface area contributed by atoms with Crippen molar-refractivity contribution >= 4 is 11.4 Å². The lowest BCUT2D eigenvalue weighted by Crippen LogP contribution is -1.95. The maximum Gasteiger partial charge on any atom is 0.102 e. The Morgan fingerprint density at radius 3 is 2.50 bits per heavy atom. The SMILES string of the molecule is Cc1cccc(Nc2cccc(C#N)c2)c1C#N. The Hall–Kier alpha value is -2.78. The molecule has 2 aromatic rings. The van der Waals surface area contributed by atoms with E-state index in [2.05, 4.69) is 17.5 Å². The van der Waals surface area contributed by atoms with E-state index in [0.717, 1.165) is 16.9 Å². The summed E-state index contributed by atoms with van der Waals surface area (Å²) in [4.78, 5) is 0. The van der Waals surface area contributed by atoms with Gasteiger partial charge in [-0.05, 0) is 36.8 Å². The molecular weight excluding hydrogens is 222 g/mol. The number of benzene rings is 2. The molecule has 0 fully saturated rings. The molecule has 0 aliphatic carbocycles. The minimum Gasteiger partial charge on any atom is -0.354 e. The Kier molecular flexibility index (Phi) is 3.27. The summed E-state index contributed by atoms with van der Waals surface area (Å²) in [7, 11) is 0. The first-order valence-corrected chi connectivity index (χ1v) is 5.51. The molecule has 0 atom stereocenters. The zero-order chi connectivity index (χ0) is 13.0. The maximum absolute atomic E-state index is 9.14. The third-order valence-electron chi connectivity index (χ3n) is 2.66. The number of rotatable bonds is 2. The van der Waals surface area contributed by atoms with Crippen LogP contribution < -0.4 is 5.32 Å². The molecule has 2 rings (SSSR count). The minimum absolute atomic E-state index is 0.589. The summed E-state index contributed by atoms with van der Waals surface area (Å²) >= 11 is 0. The van der Waals surface area contributed by atoms with E-state index in [1.807, 2.05) is 37.3 Å². The first-order chi connectivity index (χ1) is 8.74. The van der Waals surface area contributed by atoms with E-state index < -0.39 is 0 Å². The van der Waals surface area contributed by atoms with Crippen molar-refractivity contribution in [3.05, 3.63) is 59.2 Å². The number of hydrogen-bond acceptors (Lipinski definition) is 3. The molecule has 1 N–H and O–H groups in total. The van der Waals surface area contributed by atoms with Gasteiger partial charge < -0.3 is 5.32 Å². The topological polar surface area (TPSA) is 59.6 Å². The predicted octanol–water partition coefficient (Wildman–Crippen LogP) is 3.48. The summed E-state index contributed by atoms with van der Waals surface area (Å²) < 4.78 is 0. The molecule has 3 heteroatoms. The molecule has 2 aromatic carbocycles. The van der Waals surface area contributed by atoms with Crippen molar-refractivity contribution in [2.75, 3.05) is 5.32 Å². The molecule has 0 unspecified atom stereocenters. The Morgan fingerprint density at radius 2 is 1.78 bits per heavy atom. The lowest BCUT2D eigenvalue weighted by molar-refractivity contribution is 1.38. The van der Waals surface area contributed by atoms with E-state index in [-0.39, 0.29) is 0 Å². The zero-order valence-corrected chi connectivity index (χ0v) is 9.94. The predicted molar refractivity (Wildman–Crippen MR) is 70.3 cm³/mol. The van der Waals surface area contributed by atoms with E-state index in [1.165, 1.54) is 0 Å². The Bertz CT molecular complexity index is 660. The third kappa shape index (κ3) is 2.31. The standard InChI is InChI=1S/C15H11N3/c1-11-4-2-7-15(14(11)10-17)18-13-6-3-5-12(8-13)9-16/h2-8,18H,1H3. The van der Waals surface area contributed by atoms with Crippen molar-refractivity contribution in [1.29, 1.82) is 10.5 Å². The summed E-state index contributed by atoms with van der Waals surface area (Å²) in [6.07, 6.45) is 0. The van der Waals surface area contributed by atoms with Gasteiger partial charge in [-0.15, -0.1) is 0 Å². The van der Waals surface area contributed by atoms with Crippen LogP contribution in [0.15, 0.2) is 42.5 Å². The van der Waals surface area contributed by atoms with Crippen LogP contribution in [0.5, 0.6) is 0 Å². The van der Waals surface area contributed by atoms with E-state index in [0.29, 0.717) is 11.1 Å². The van der Waals surface area contributed by atoms with Gasteiger partial charge in [-0.25, -0.2) is 0 Å². The second-order valence-corrected chi connectivity index (χ2v) is 3.93. The van der Waals surface area contributed by atoms with Crippen LogP contribution in [0.2, 0.25) is 0 Å². The van der Waals surface area contributed by atoms with Crippen molar-refractivity contribution in [3.8, 4) is 12.1 Å². The van der Waals surface area contributed by atoms with Gasteiger partial charge in [-0.3, -0.25) is 0 Å². The van der Waals surface area contributed by atoms with Crippen LogP contribution in [-0.4, -0.2) is 0 Å². The van der Waals surface area contributed by atoms with Crippen molar-refractivity contribution in [3.63, 3.8) is 0 Å². The quantitative estimate of drug-likeness (QED) is 0.863. The van der Waals surface area contributed by atoms with Crippen LogP contribution in [0.25, 0.3) is 0 Å². The van der Waals surface area contributed by atoms with Crippen LogP contribution in [0, 0.1) is 29.6 Å². The molecule has 0 amide bonds. The van der Waals surface area contributed by atoms with Gasteiger partial charge in [-0.1, -0.05) is 18.2 Å². The smallest absolute Gasteiger partial charge is 0.102 e. The van der Waals surface area contributed by atoms with Gasteiger partial charge >= 0.3 is 0 Å². The summed E-state index contributed by atoms with van der Waals surface area (Å²) in [5.41, 5.74) is 3.70. The largest absolute Gasteiger partial charge is 0.354 e. The average Bonchev–Trinajstić information content (AvgIpc) is 2.39. The molecule has 0 aliphatic rings. The fourth-order valence-corrected chi connectivity index (χ4v) is 1.74. The van der Waals surface area contributed by atoms with E-state index in [9.17, 15) is 0 Å². The van der Waals surface area contributed by atoms with Crippen LogP contribution in [0.1, 0.15) is 16.7 Å². The van der Waals surface area contributed by atoms with Gasteiger partial charge in [0.25, 0.3) is 0 Å². The highest BCUT2D eigenvalue weighted by Crippen LogP contribution is 2.23. The molecule has 0 radical (unpaired) electrons. The first-order valence-electron chi connectivity index (χ1n) is 5.51. The van der Waals surface area contributed by atoms with Crippen LogP contribution in [0.4, 0.5) is 11.4 Å². The normalized spacial score (nSPS) is 9.28. The molecule has 0 aliphatic heterocycles. The van der Waals surface area contributed by atoms with Gasteiger partial charge in [0.05, 0.1) is 22.9 Å². The molecular formula is C15H11N3. The number of nitrogens with zero attached hydrogens (tertiary/aromatic N) is 2. The van der Waals surface area contributed by atoms with Crippen molar-refractivity contribution in [2.24, 2.45) is 0 Å². The Labute approximate surface area is 106 Å². The van der Waals surface area contributed by atoms with Crippen molar-refractivity contribution in [1.82, 2.24) is 0 Å². The monoisotopic (exact) mass is 233 g/mol. The number of anilines is 2. The summed E-state index contributed by atoms with van der Waals surface area (Å²) in [6.45, 7) is 1.90. The van der Waals surface area contributed by atoms with Crippen LogP contribution in [0.3, 0.4) is 0 Å². The number of hydrogen-bond donors (Lipinski definition) is 1. The highest BCUT2D eigenvalue weighted by Gasteiger charge is 2.05. The lowest BCUT2D eigenvalue weighted by Gasteiger charge is -2.09. The van der Waals surface area contributed by atoms with Crippen molar-refractivity contribution < 1.29 is 0 Å². The molecule has 0 bridgehead atoms. The molecule has 0 saturated carbocycles. The highest BCUT2D eigenvalue weighted by atomic mass is 14.9. The Balaban J connectivity index is 2.38. The summed E-state index contributed by atoms with van der Waals surface area (Å²) in [5, 5.41) is 21.1. The summed E-state index contributed by atoms with van der Waals surface area (Å²) in [5.74, 6) is 0. The van der Waals surface area contributed by atoms with Gasteiger partial charge in [0.15, 0.2) is 0 Å². The van der Waals surface area contributed by atoms with Gasteiger partial charge in [0.2, 0.25) is 0 Å². The van der Waals surface area contributed by atoms with Crippen LogP contribution >= 0.6 is 0 Å². The van der Waals surface area contributed by atoms with Crippen LogP contribution in [-0.2, 0) is 0 Å². The average molecular weight is 233 g/mol. The minimum atomic E-state index is 0.589. The molecule has 0 saturated heterocycles. The fourth-order valence-electron chi connectivity index (χ4n) is 1.74. The van der Waals surface area contributed by atoms with E-state index in [1.54, 1.807) is 12.1 Å². The lowest BCUT2D eigenvalue weighted by atomic mass is 10.1. The number of nitrogens with one attached hydrogen (secondary N) is 1. The highest BCUT2D eigenvalue weighted by molar-refractivity contribution is 5.68. The van der Waals surface area contributed by atoms with Gasteiger partial charge in [0.1, 0.15) is 6.07 Å². The molecule has 3 nitrogen and oxygen atoms in total. The first kappa shape index (κ1) is 11.7. The zero-order valence-electron chi connectivity index (χ0n) is 9.94. The summed E-state index contributed by atoms with van der Waals surface area (Å²) in [6, 6.07) is 17.1. The molecule has 0 spiro atoms. The molecule has 18 heavy (non-hydrogen) atoms. The Morgan fingerprint density at radius 1 is 1.00 bits per heavy atom. The fraction of sp³-hybridized carbons (Fsp3) is 0.0667. The molecule has 0 heterocycles. The second-order valence-electron chi connectivity index (χ2n) is 3.93. The molecule has 86 valence electrons. The van der Waals surface area contributed by atoms with Gasteiger partial charge in [0, 0.05) is 5.69 Å². The second kappa shape index (κ2) is 5.03. The van der Waals surface area contributed by atoms with E-state index >= 15 is 0 Å². The third-order valence-corrected chi connectivity index (χ3v) is 2.66. The molecule has 0 aromatic heterocycles. The number of aryl methyl sites for hydroxylation is 1. The van der Waals surface area contributed by atoms with Gasteiger partial charge in [-0.2, -0.15) is 10.5 Å². The van der Waals surface area contributed by atoms with E-state index in [4.69, 9.17) is 10.5 Å². The number of nitriles is 2. The maximum atomic E-state index is 9.14.